The SMILES string of the molecule is Cc1cc(C#CCCN=[N+]=[N-])c(N)c(C(=O)O)c1. The van der Waals surface area contributed by atoms with Crippen molar-refractivity contribution in [3.8, 4) is 11.8 Å². The number of nitrogen functional groups attached to an aromatic ring is 1. The van der Waals surface area contributed by atoms with E-state index in [1.165, 1.54) is 6.07 Å². The minimum absolute atomic E-state index is 0.0503. The molecule has 0 atom stereocenters. The second kappa shape index (κ2) is 6.18. The van der Waals surface area contributed by atoms with Gasteiger partial charge >= 0.3 is 5.97 Å². The van der Waals surface area contributed by atoms with Crippen LogP contribution in [0.25, 0.3) is 10.4 Å². The van der Waals surface area contributed by atoms with Crippen LogP contribution >= 0.6 is 0 Å². The van der Waals surface area contributed by atoms with Gasteiger partial charge in [0.05, 0.1) is 11.3 Å². The molecule has 6 nitrogen and oxygen atoms in total. The highest BCUT2D eigenvalue weighted by molar-refractivity contribution is 5.95. The Labute approximate surface area is 104 Å². The van der Waals surface area contributed by atoms with Crippen molar-refractivity contribution < 1.29 is 9.90 Å². The molecule has 0 heterocycles. The van der Waals surface area contributed by atoms with Crippen LogP contribution in [0, 0.1) is 18.8 Å². The van der Waals surface area contributed by atoms with Crippen LogP contribution in [0.3, 0.4) is 0 Å². The first-order chi connectivity index (χ1) is 8.56. The number of aryl methyl sites for hydroxylation is 1. The number of nitrogens with zero attached hydrogens (tertiary/aromatic N) is 3. The molecule has 0 bridgehead atoms. The van der Waals surface area contributed by atoms with E-state index in [4.69, 9.17) is 16.4 Å². The largest absolute Gasteiger partial charge is 0.478 e. The zero-order valence-electron chi connectivity index (χ0n) is 9.84. The molecule has 1 aromatic carbocycles. The van der Waals surface area contributed by atoms with Gasteiger partial charge in [-0.25, -0.2) is 4.79 Å². The van der Waals surface area contributed by atoms with Crippen molar-refractivity contribution in [3.05, 3.63) is 39.3 Å². The maximum atomic E-state index is 11.0. The molecule has 1 rings (SSSR count). The highest BCUT2D eigenvalue weighted by Crippen LogP contribution is 2.19. The summed E-state index contributed by atoms with van der Waals surface area (Å²) < 4.78 is 0. The van der Waals surface area contributed by atoms with E-state index in [-0.39, 0.29) is 17.8 Å². The lowest BCUT2D eigenvalue weighted by molar-refractivity contribution is 0.0698. The number of hydrogen-bond acceptors (Lipinski definition) is 3. The zero-order valence-corrected chi connectivity index (χ0v) is 9.84. The fourth-order valence-corrected chi connectivity index (χ4v) is 1.39. The average Bonchev–Trinajstić information content (AvgIpc) is 2.32. The molecule has 0 aliphatic heterocycles. The third-order valence-electron chi connectivity index (χ3n) is 2.18. The van der Waals surface area contributed by atoms with Gasteiger partial charge in [-0.1, -0.05) is 17.0 Å². The number of anilines is 1. The third-order valence-corrected chi connectivity index (χ3v) is 2.18. The Morgan fingerprint density at radius 1 is 1.61 bits per heavy atom. The second-order valence-electron chi connectivity index (χ2n) is 3.59. The van der Waals surface area contributed by atoms with Crippen molar-refractivity contribution in [3.63, 3.8) is 0 Å². The van der Waals surface area contributed by atoms with Gasteiger partial charge in [-0.05, 0) is 30.2 Å². The fourth-order valence-electron chi connectivity index (χ4n) is 1.39. The standard InChI is InChI=1S/C12H12N4O2/c1-8-6-9(4-2-3-5-15-16-14)11(13)10(7-8)12(17)18/h6-7H,3,5,13H2,1H3,(H,17,18). The molecule has 1 aromatic rings. The van der Waals surface area contributed by atoms with E-state index in [2.05, 4.69) is 21.9 Å². The molecule has 0 aromatic heterocycles. The highest BCUT2D eigenvalue weighted by atomic mass is 16.4. The first-order valence-corrected chi connectivity index (χ1v) is 5.19. The topological polar surface area (TPSA) is 112 Å². The molecule has 92 valence electrons. The van der Waals surface area contributed by atoms with E-state index in [9.17, 15) is 4.79 Å². The van der Waals surface area contributed by atoms with Gasteiger partial charge in [0.1, 0.15) is 0 Å². The van der Waals surface area contributed by atoms with E-state index in [0.29, 0.717) is 12.0 Å². The minimum atomic E-state index is -1.08. The molecule has 0 saturated heterocycles. The Kier molecular flexibility index (Phi) is 4.61. The summed E-state index contributed by atoms with van der Waals surface area (Å²) in [4.78, 5) is 13.6. The number of carboxylic acid groups (broad SMARTS) is 1. The lowest BCUT2D eigenvalue weighted by atomic mass is 10.0. The first-order valence-electron chi connectivity index (χ1n) is 5.19. The summed E-state index contributed by atoms with van der Waals surface area (Å²) >= 11 is 0. The van der Waals surface area contributed by atoms with Crippen molar-refractivity contribution in [2.24, 2.45) is 5.11 Å². The summed E-state index contributed by atoms with van der Waals surface area (Å²) in [6, 6.07) is 3.23. The number of carbonyl (C=O) groups is 1. The molecule has 6 heteroatoms. The number of carboxylic acids is 1. The Balaban J connectivity index is 3.02. The number of azide groups is 1. The van der Waals surface area contributed by atoms with Gasteiger partial charge in [0.15, 0.2) is 0 Å². The number of nitrogens with two attached hydrogens (primary N) is 1. The van der Waals surface area contributed by atoms with Crippen LogP contribution in [0.15, 0.2) is 17.2 Å². The summed E-state index contributed by atoms with van der Waals surface area (Å²) in [6.07, 6.45) is 0.403. The van der Waals surface area contributed by atoms with E-state index in [0.717, 1.165) is 5.56 Å². The lowest BCUT2D eigenvalue weighted by Gasteiger charge is -2.05. The molecule has 0 unspecified atom stereocenters. The predicted molar refractivity (Wildman–Crippen MR) is 68.1 cm³/mol. The van der Waals surface area contributed by atoms with Crippen molar-refractivity contribution in [2.75, 3.05) is 12.3 Å². The number of aromatic carboxylic acids is 1. The summed E-state index contributed by atoms with van der Waals surface area (Å²) in [7, 11) is 0. The normalized spacial score (nSPS) is 8.94. The smallest absolute Gasteiger partial charge is 0.337 e. The van der Waals surface area contributed by atoms with E-state index >= 15 is 0 Å². The van der Waals surface area contributed by atoms with Crippen LogP contribution in [0.1, 0.15) is 27.9 Å². The van der Waals surface area contributed by atoms with Crippen LogP contribution in [0.2, 0.25) is 0 Å². The van der Waals surface area contributed by atoms with Crippen LogP contribution in [0.5, 0.6) is 0 Å². The summed E-state index contributed by atoms with van der Waals surface area (Å²) in [6.45, 7) is 2.05. The monoisotopic (exact) mass is 244 g/mol. The lowest BCUT2D eigenvalue weighted by Crippen LogP contribution is -2.05. The molecule has 0 fully saturated rings. The van der Waals surface area contributed by atoms with Gasteiger partial charge in [0, 0.05) is 23.4 Å². The molecule has 0 saturated carbocycles. The molecular weight excluding hydrogens is 232 g/mol. The molecule has 0 aliphatic carbocycles. The maximum Gasteiger partial charge on any atom is 0.337 e. The van der Waals surface area contributed by atoms with Crippen LogP contribution in [-0.4, -0.2) is 17.6 Å². The molecule has 3 N–H and O–H groups in total. The highest BCUT2D eigenvalue weighted by Gasteiger charge is 2.11. The molecule has 0 radical (unpaired) electrons. The van der Waals surface area contributed by atoms with Crippen LogP contribution in [0.4, 0.5) is 5.69 Å². The number of rotatable bonds is 3. The van der Waals surface area contributed by atoms with Crippen molar-refractivity contribution in [1.82, 2.24) is 0 Å². The number of benzene rings is 1. The molecule has 0 amide bonds. The Morgan fingerprint density at radius 2 is 2.33 bits per heavy atom. The van der Waals surface area contributed by atoms with Gasteiger partial charge in [-0.15, -0.1) is 0 Å². The fraction of sp³-hybridized carbons (Fsp3) is 0.250. The second-order valence-corrected chi connectivity index (χ2v) is 3.59. The summed E-state index contributed by atoms with van der Waals surface area (Å²) in [5.74, 6) is 4.49. The molecule has 0 spiro atoms. The van der Waals surface area contributed by atoms with Gasteiger partial charge in [0.2, 0.25) is 0 Å². The average molecular weight is 244 g/mol. The van der Waals surface area contributed by atoms with Gasteiger partial charge in [-0.3, -0.25) is 0 Å². The first kappa shape index (κ1) is 13.4. The van der Waals surface area contributed by atoms with Gasteiger partial charge < -0.3 is 10.8 Å². The van der Waals surface area contributed by atoms with Crippen LogP contribution in [-0.2, 0) is 0 Å². The molecule has 0 aliphatic rings. The number of hydrogen-bond donors (Lipinski definition) is 2. The Morgan fingerprint density at radius 3 is 2.94 bits per heavy atom. The molecular formula is C12H12N4O2. The maximum absolute atomic E-state index is 11.0. The van der Waals surface area contributed by atoms with Crippen molar-refractivity contribution in [2.45, 2.75) is 13.3 Å². The minimum Gasteiger partial charge on any atom is -0.478 e. The zero-order chi connectivity index (χ0) is 13.5. The van der Waals surface area contributed by atoms with Gasteiger partial charge in [-0.2, -0.15) is 0 Å². The van der Waals surface area contributed by atoms with Crippen molar-refractivity contribution in [1.29, 1.82) is 0 Å². The third kappa shape index (κ3) is 3.44. The Hall–Kier alpha value is -2.64. The van der Waals surface area contributed by atoms with E-state index < -0.39 is 5.97 Å². The van der Waals surface area contributed by atoms with Crippen LogP contribution < -0.4 is 5.73 Å². The quantitative estimate of drug-likeness (QED) is 0.212. The van der Waals surface area contributed by atoms with E-state index in [1.807, 2.05) is 0 Å². The van der Waals surface area contributed by atoms with E-state index in [1.54, 1.807) is 13.0 Å². The predicted octanol–water partition coefficient (Wildman–Crippen LogP) is 2.33. The summed E-state index contributed by atoms with van der Waals surface area (Å²) in [5.41, 5.74) is 15.3. The van der Waals surface area contributed by atoms with Crippen molar-refractivity contribution >= 4 is 11.7 Å². The van der Waals surface area contributed by atoms with Gasteiger partial charge in [0.25, 0.3) is 0 Å². The molecule has 18 heavy (non-hydrogen) atoms. The summed E-state index contributed by atoms with van der Waals surface area (Å²) in [5, 5.41) is 12.3. The Bertz CT molecular complexity index is 578.